The Labute approximate surface area is 114 Å². The van der Waals surface area contributed by atoms with Crippen molar-refractivity contribution in [2.45, 2.75) is 26.2 Å². The summed E-state index contributed by atoms with van der Waals surface area (Å²) in [6, 6.07) is 7.85. The van der Waals surface area contributed by atoms with Crippen LogP contribution in [0, 0.1) is 5.92 Å². The van der Waals surface area contributed by atoms with Gasteiger partial charge in [-0.25, -0.2) is 0 Å². The molecule has 2 rings (SSSR count). The molecule has 1 saturated carbocycles. The third-order valence-electron chi connectivity index (χ3n) is 3.62. The zero-order chi connectivity index (χ0) is 13.8. The van der Waals surface area contributed by atoms with Gasteiger partial charge in [-0.1, -0.05) is 6.42 Å². The van der Waals surface area contributed by atoms with Crippen LogP contribution in [0.5, 0.6) is 0 Å². The third-order valence-corrected chi connectivity index (χ3v) is 3.62. The van der Waals surface area contributed by atoms with Gasteiger partial charge < -0.3 is 10.2 Å². The van der Waals surface area contributed by atoms with Gasteiger partial charge in [-0.05, 0) is 37.1 Å². The number of hydrogen-bond acceptors (Lipinski definition) is 2. The van der Waals surface area contributed by atoms with Gasteiger partial charge >= 0.3 is 0 Å². The van der Waals surface area contributed by atoms with Gasteiger partial charge in [-0.15, -0.1) is 0 Å². The normalized spacial score (nSPS) is 15.8. The van der Waals surface area contributed by atoms with Crippen molar-refractivity contribution in [1.82, 2.24) is 0 Å². The minimum Gasteiger partial charge on any atom is -0.333 e. The van der Waals surface area contributed by atoms with Crippen LogP contribution in [-0.4, -0.2) is 25.8 Å². The van der Waals surface area contributed by atoms with Crippen LogP contribution in [-0.2, 0) is 4.79 Å². The Hall–Kier alpha value is -1.84. The number of amides is 1. The van der Waals surface area contributed by atoms with Crippen molar-refractivity contribution in [2.24, 2.45) is 10.9 Å². The van der Waals surface area contributed by atoms with Gasteiger partial charge in [0.1, 0.15) is 5.84 Å². The van der Waals surface area contributed by atoms with Gasteiger partial charge in [0.2, 0.25) is 5.91 Å². The summed E-state index contributed by atoms with van der Waals surface area (Å²) < 4.78 is 0. The first kappa shape index (κ1) is 13.6. The number of amidine groups is 1. The molecule has 0 aliphatic heterocycles. The second-order valence-corrected chi connectivity index (χ2v) is 5.00. The molecule has 4 heteroatoms. The second-order valence-electron chi connectivity index (χ2n) is 5.00. The van der Waals surface area contributed by atoms with Crippen LogP contribution >= 0.6 is 0 Å². The Balaban J connectivity index is 2.10. The predicted molar refractivity (Wildman–Crippen MR) is 79.8 cm³/mol. The molecule has 0 bridgehead atoms. The van der Waals surface area contributed by atoms with Gasteiger partial charge in [-0.3, -0.25) is 9.79 Å². The van der Waals surface area contributed by atoms with Crippen LogP contribution in [0.1, 0.15) is 26.2 Å². The molecule has 1 aromatic carbocycles. The van der Waals surface area contributed by atoms with E-state index in [0.29, 0.717) is 5.92 Å². The van der Waals surface area contributed by atoms with Crippen molar-refractivity contribution < 1.29 is 4.79 Å². The average Bonchev–Trinajstić information content (AvgIpc) is 2.33. The van der Waals surface area contributed by atoms with E-state index in [9.17, 15) is 4.79 Å². The molecule has 4 nitrogen and oxygen atoms in total. The van der Waals surface area contributed by atoms with Crippen molar-refractivity contribution in [3.05, 3.63) is 24.3 Å². The van der Waals surface area contributed by atoms with E-state index >= 15 is 0 Å². The lowest BCUT2D eigenvalue weighted by Gasteiger charge is -2.33. The SMILES string of the molecule is CN=C(C1CCC1)N(C)c1ccc(NC(C)=O)cc1. The Bertz CT molecular complexity index is 475. The lowest BCUT2D eigenvalue weighted by molar-refractivity contribution is -0.114. The van der Waals surface area contributed by atoms with Gasteiger partial charge in [0, 0.05) is 38.3 Å². The minimum absolute atomic E-state index is 0.0496. The number of hydrogen-bond donors (Lipinski definition) is 1. The molecule has 0 spiro atoms. The molecule has 1 N–H and O–H groups in total. The van der Waals surface area contributed by atoms with E-state index in [0.717, 1.165) is 17.2 Å². The molecule has 19 heavy (non-hydrogen) atoms. The van der Waals surface area contributed by atoms with Crippen LogP contribution in [0.15, 0.2) is 29.3 Å². The maximum atomic E-state index is 11.0. The summed E-state index contributed by atoms with van der Waals surface area (Å²) >= 11 is 0. The molecule has 0 atom stereocenters. The number of aliphatic imine (C=N–C) groups is 1. The maximum Gasteiger partial charge on any atom is 0.221 e. The van der Waals surface area contributed by atoms with E-state index < -0.39 is 0 Å². The summed E-state index contributed by atoms with van der Waals surface area (Å²) in [6.07, 6.45) is 3.78. The second kappa shape index (κ2) is 5.87. The highest BCUT2D eigenvalue weighted by Gasteiger charge is 2.25. The number of nitrogens with zero attached hydrogens (tertiary/aromatic N) is 2. The molecule has 0 heterocycles. The van der Waals surface area contributed by atoms with Gasteiger partial charge in [0.15, 0.2) is 0 Å². The number of benzene rings is 1. The quantitative estimate of drug-likeness (QED) is 0.670. The fourth-order valence-electron chi connectivity index (χ4n) is 2.38. The number of carbonyl (C=O) groups is 1. The average molecular weight is 259 g/mol. The molecule has 0 unspecified atom stereocenters. The monoisotopic (exact) mass is 259 g/mol. The van der Waals surface area contributed by atoms with Crippen LogP contribution in [0.25, 0.3) is 0 Å². The van der Waals surface area contributed by atoms with Gasteiger partial charge in [0.25, 0.3) is 0 Å². The molecule has 1 fully saturated rings. The van der Waals surface area contributed by atoms with Crippen molar-refractivity contribution in [2.75, 3.05) is 24.3 Å². The molecule has 0 aromatic heterocycles. The zero-order valence-corrected chi connectivity index (χ0v) is 11.8. The van der Waals surface area contributed by atoms with Crippen LogP contribution < -0.4 is 10.2 Å². The Morgan fingerprint density at radius 2 is 1.95 bits per heavy atom. The largest absolute Gasteiger partial charge is 0.333 e. The highest BCUT2D eigenvalue weighted by Crippen LogP contribution is 2.30. The maximum absolute atomic E-state index is 11.0. The first-order valence-corrected chi connectivity index (χ1v) is 6.70. The van der Waals surface area contributed by atoms with E-state index in [2.05, 4.69) is 15.2 Å². The fourth-order valence-corrected chi connectivity index (χ4v) is 2.38. The van der Waals surface area contributed by atoms with E-state index in [1.807, 2.05) is 38.4 Å². The number of anilines is 2. The summed E-state index contributed by atoms with van der Waals surface area (Å²) in [5, 5.41) is 2.77. The van der Waals surface area contributed by atoms with E-state index in [1.54, 1.807) is 0 Å². The van der Waals surface area contributed by atoms with Crippen molar-refractivity contribution in [3.63, 3.8) is 0 Å². The third kappa shape index (κ3) is 3.13. The number of nitrogens with one attached hydrogen (secondary N) is 1. The molecular formula is C15H21N3O. The first-order valence-electron chi connectivity index (χ1n) is 6.70. The van der Waals surface area contributed by atoms with Crippen molar-refractivity contribution >= 4 is 23.1 Å². The van der Waals surface area contributed by atoms with Crippen LogP contribution in [0.2, 0.25) is 0 Å². The van der Waals surface area contributed by atoms with Crippen LogP contribution in [0.3, 0.4) is 0 Å². The molecular weight excluding hydrogens is 238 g/mol. The summed E-state index contributed by atoms with van der Waals surface area (Å²) in [6.45, 7) is 1.51. The minimum atomic E-state index is -0.0496. The first-order chi connectivity index (χ1) is 9.11. The fraction of sp³-hybridized carbons (Fsp3) is 0.467. The summed E-state index contributed by atoms with van der Waals surface area (Å²) in [5.41, 5.74) is 1.92. The van der Waals surface area contributed by atoms with E-state index in [4.69, 9.17) is 0 Å². The molecule has 1 amide bonds. The molecule has 1 aliphatic rings. The van der Waals surface area contributed by atoms with E-state index in [-0.39, 0.29) is 5.91 Å². The summed E-state index contributed by atoms with van der Waals surface area (Å²) in [4.78, 5) is 17.6. The molecule has 102 valence electrons. The topological polar surface area (TPSA) is 44.7 Å². The molecule has 0 saturated heterocycles. The smallest absolute Gasteiger partial charge is 0.221 e. The molecule has 1 aliphatic carbocycles. The highest BCUT2D eigenvalue weighted by atomic mass is 16.1. The van der Waals surface area contributed by atoms with Gasteiger partial charge in [0.05, 0.1) is 0 Å². The summed E-state index contributed by atoms with van der Waals surface area (Å²) in [7, 11) is 3.91. The lowest BCUT2D eigenvalue weighted by atomic mass is 9.84. The summed E-state index contributed by atoms with van der Waals surface area (Å²) in [5.74, 6) is 1.70. The van der Waals surface area contributed by atoms with Crippen molar-refractivity contribution in [3.8, 4) is 0 Å². The Morgan fingerprint density at radius 3 is 2.37 bits per heavy atom. The number of rotatable bonds is 3. The standard InChI is InChI=1S/C15H21N3O/c1-11(19)17-13-7-9-14(10-8-13)18(3)15(16-2)12-5-4-6-12/h7-10,12H,4-6H2,1-3H3,(H,17,19). The van der Waals surface area contributed by atoms with E-state index in [1.165, 1.54) is 26.2 Å². The highest BCUT2D eigenvalue weighted by molar-refractivity contribution is 5.99. The lowest BCUT2D eigenvalue weighted by Crippen LogP contribution is -2.36. The van der Waals surface area contributed by atoms with Crippen molar-refractivity contribution in [1.29, 1.82) is 0 Å². The Morgan fingerprint density at radius 1 is 1.32 bits per heavy atom. The number of carbonyl (C=O) groups excluding carboxylic acids is 1. The predicted octanol–water partition coefficient (Wildman–Crippen LogP) is 2.91. The zero-order valence-electron chi connectivity index (χ0n) is 11.8. The molecule has 0 radical (unpaired) electrons. The Kier molecular flexibility index (Phi) is 4.20. The van der Waals surface area contributed by atoms with Crippen LogP contribution in [0.4, 0.5) is 11.4 Å². The molecule has 1 aromatic rings. The van der Waals surface area contributed by atoms with Gasteiger partial charge in [-0.2, -0.15) is 0 Å².